The fraction of sp³-hybridized carbons (Fsp3) is 0.438. The van der Waals surface area contributed by atoms with Gasteiger partial charge in [-0.05, 0) is 24.0 Å². The molecule has 0 bridgehead atoms. The van der Waals surface area contributed by atoms with Crippen molar-refractivity contribution in [3.05, 3.63) is 71.8 Å². The summed E-state index contributed by atoms with van der Waals surface area (Å²) in [7, 11) is 0. The van der Waals surface area contributed by atoms with E-state index in [1.54, 1.807) is 55.5 Å². The lowest BCUT2D eigenvalue weighted by Gasteiger charge is -2.29. The number of amides is 6. The zero-order valence-corrected chi connectivity index (χ0v) is 25.7. The molecule has 1 saturated heterocycles. The molecule has 7 N–H and O–H groups in total. The lowest BCUT2D eigenvalue weighted by molar-refractivity contribution is -0.136. The van der Waals surface area contributed by atoms with E-state index in [1.807, 2.05) is 19.1 Å². The maximum Gasteiger partial charge on any atom is 0.245 e. The van der Waals surface area contributed by atoms with E-state index < -0.39 is 84.7 Å². The van der Waals surface area contributed by atoms with E-state index in [4.69, 9.17) is 0 Å². The van der Waals surface area contributed by atoms with E-state index in [9.17, 15) is 33.9 Å². The Bertz CT molecular complexity index is 1340. The molecule has 13 nitrogen and oxygen atoms in total. The van der Waals surface area contributed by atoms with E-state index in [0.29, 0.717) is 6.42 Å². The van der Waals surface area contributed by atoms with Gasteiger partial charge in [0.1, 0.15) is 30.2 Å². The largest absolute Gasteiger partial charge is 0.394 e. The van der Waals surface area contributed by atoms with Gasteiger partial charge in [0.05, 0.1) is 13.2 Å². The molecule has 1 aliphatic heterocycles. The van der Waals surface area contributed by atoms with E-state index in [2.05, 4.69) is 31.9 Å². The second kappa shape index (κ2) is 16.9. The third-order valence-electron chi connectivity index (χ3n) is 7.63. The highest BCUT2D eigenvalue weighted by Gasteiger charge is 2.34. The molecular weight excluding hydrogens is 580 g/mol. The molecule has 0 aromatic heterocycles. The zero-order chi connectivity index (χ0) is 32.9. The first kappa shape index (κ1) is 34.7. The van der Waals surface area contributed by atoms with Gasteiger partial charge in [-0.1, -0.05) is 80.9 Å². The topological polar surface area (TPSA) is 195 Å². The van der Waals surface area contributed by atoms with Crippen LogP contribution in [-0.2, 0) is 41.6 Å². The fourth-order valence-electron chi connectivity index (χ4n) is 4.75. The van der Waals surface area contributed by atoms with Crippen LogP contribution < -0.4 is 31.9 Å². The Balaban J connectivity index is 2.01. The predicted molar refractivity (Wildman–Crippen MR) is 165 cm³/mol. The number of carbonyl (C=O) groups is 6. The standard InChI is InChI=1S/C32H42N6O7/c1-4-19(2)27-32(45)37-24(16-22-13-9-6-10-14-22)30(43)36-23(15-21-11-7-5-8-12-21)29(42)34-20(3)28(41)33-17-26(40)35-25(18-39)31(44)38-27/h5-14,19-20,23-25,27,39H,4,15-18H2,1-3H3,(H,33,41)(H,34,42)(H,35,40)(H,36,43)(H,37,45)(H,38,44). The summed E-state index contributed by atoms with van der Waals surface area (Å²) in [4.78, 5) is 79.3. The molecule has 0 aliphatic carbocycles. The van der Waals surface area contributed by atoms with Crippen LogP contribution in [-0.4, -0.2) is 83.9 Å². The van der Waals surface area contributed by atoms with E-state index in [1.165, 1.54) is 6.92 Å². The summed E-state index contributed by atoms with van der Waals surface area (Å²) in [5.41, 5.74) is 1.48. The van der Waals surface area contributed by atoms with Crippen molar-refractivity contribution in [2.24, 2.45) is 5.92 Å². The molecule has 0 saturated carbocycles. The summed E-state index contributed by atoms with van der Waals surface area (Å²) in [5.74, 6) is -4.59. The third kappa shape index (κ3) is 10.4. The summed E-state index contributed by atoms with van der Waals surface area (Å²) >= 11 is 0. The quantitative estimate of drug-likeness (QED) is 0.207. The number of aliphatic hydroxyl groups is 1. The molecule has 0 radical (unpaired) electrons. The number of rotatable bonds is 7. The number of hydrogen-bond donors (Lipinski definition) is 7. The maximum absolute atomic E-state index is 13.8. The average Bonchev–Trinajstić information content (AvgIpc) is 3.04. The Hall–Kier alpha value is -4.78. The average molecular weight is 623 g/mol. The summed E-state index contributed by atoms with van der Waals surface area (Å²) in [6, 6.07) is 12.1. The van der Waals surface area contributed by atoms with Gasteiger partial charge in [0.25, 0.3) is 0 Å². The third-order valence-corrected chi connectivity index (χ3v) is 7.63. The van der Waals surface area contributed by atoms with E-state index in [0.717, 1.165) is 11.1 Å². The molecule has 45 heavy (non-hydrogen) atoms. The summed E-state index contributed by atoms with van der Waals surface area (Å²) in [5, 5.41) is 25.2. The van der Waals surface area contributed by atoms with Gasteiger partial charge in [0, 0.05) is 12.8 Å². The van der Waals surface area contributed by atoms with Crippen LogP contribution >= 0.6 is 0 Å². The molecule has 6 atom stereocenters. The van der Waals surface area contributed by atoms with Crippen LogP contribution in [0.25, 0.3) is 0 Å². The Labute approximate surface area is 262 Å². The molecule has 13 heteroatoms. The SMILES string of the molecule is CCC(C)C1NC(=O)C(CO)NC(=O)CNC(=O)C(C)NC(=O)C(Cc2ccccc2)NC(=O)C(Cc2ccccc2)NC1=O. The smallest absolute Gasteiger partial charge is 0.245 e. The first-order chi connectivity index (χ1) is 21.5. The summed E-state index contributed by atoms with van der Waals surface area (Å²) in [6.45, 7) is 3.68. The highest BCUT2D eigenvalue weighted by Crippen LogP contribution is 2.12. The van der Waals surface area contributed by atoms with Crippen molar-refractivity contribution < 1.29 is 33.9 Å². The van der Waals surface area contributed by atoms with Gasteiger partial charge in [-0.2, -0.15) is 0 Å². The Morgan fingerprint density at radius 3 is 1.67 bits per heavy atom. The molecule has 2 aromatic carbocycles. The molecule has 6 amide bonds. The zero-order valence-electron chi connectivity index (χ0n) is 25.7. The predicted octanol–water partition coefficient (Wildman–Crippen LogP) is -0.916. The number of benzene rings is 2. The van der Waals surface area contributed by atoms with Crippen molar-refractivity contribution in [2.45, 2.75) is 70.2 Å². The molecule has 1 heterocycles. The molecular formula is C32H42N6O7. The van der Waals surface area contributed by atoms with Gasteiger partial charge in [0.2, 0.25) is 35.4 Å². The van der Waals surface area contributed by atoms with Gasteiger partial charge in [-0.3, -0.25) is 28.8 Å². The van der Waals surface area contributed by atoms with E-state index >= 15 is 0 Å². The van der Waals surface area contributed by atoms with Crippen molar-refractivity contribution in [1.29, 1.82) is 0 Å². The van der Waals surface area contributed by atoms with Gasteiger partial charge in [-0.15, -0.1) is 0 Å². The van der Waals surface area contributed by atoms with Crippen LogP contribution in [0.1, 0.15) is 38.3 Å². The van der Waals surface area contributed by atoms with Crippen LogP contribution in [0.3, 0.4) is 0 Å². The first-order valence-corrected chi connectivity index (χ1v) is 15.0. The Kier molecular flexibility index (Phi) is 13.0. The van der Waals surface area contributed by atoms with E-state index in [-0.39, 0.29) is 12.8 Å². The minimum Gasteiger partial charge on any atom is -0.394 e. The molecule has 242 valence electrons. The van der Waals surface area contributed by atoms with Crippen LogP contribution in [0, 0.1) is 5.92 Å². The van der Waals surface area contributed by atoms with Crippen molar-refractivity contribution in [3.63, 3.8) is 0 Å². The minimum atomic E-state index is -1.41. The van der Waals surface area contributed by atoms with Crippen molar-refractivity contribution in [2.75, 3.05) is 13.2 Å². The monoisotopic (exact) mass is 622 g/mol. The van der Waals surface area contributed by atoms with Crippen molar-refractivity contribution in [1.82, 2.24) is 31.9 Å². The highest BCUT2D eigenvalue weighted by atomic mass is 16.3. The van der Waals surface area contributed by atoms with Gasteiger partial charge in [-0.25, -0.2) is 0 Å². The highest BCUT2D eigenvalue weighted by molar-refractivity contribution is 5.97. The van der Waals surface area contributed by atoms with Crippen LogP contribution in [0.4, 0.5) is 0 Å². The second-order valence-corrected chi connectivity index (χ2v) is 11.1. The van der Waals surface area contributed by atoms with Gasteiger partial charge < -0.3 is 37.0 Å². The summed E-state index contributed by atoms with van der Waals surface area (Å²) in [6.07, 6.45) is 0.649. The first-order valence-electron chi connectivity index (χ1n) is 15.0. The molecule has 3 rings (SSSR count). The fourth-order valence-corrected chi connectivity index (χ4v) is 4.75. The van der Waals surface area contributed by atoms with Gasteiger partial charge >= 0.3 is 0 Å². The Morgan fingerprint density at radius 1 is 0.667 bits per heavy atom. The molecule has 1 fully saturated rings. The van der Waals surface area contributed by atoms with Crippen molar-refractivity contribution in [3.8, 4) is 0 Å². The van der Waals surface area contributed by atoms with Crippen molar-refractivity contribution >= 4 is 35.4 Å². The van der Waals surface area contributed by atoms with Crippen LogP contribution in [0.5, 0.6) is 0 Å². The number of aliphatic hydroxyl groups excluding tert-OH is 1. The molecule has 2 aromatic rings. The lowest BCUT2D eigenvalue weighted by Crippen LogP contribution is -2.61. The number of nitrogens with one attached hydrogen (secondary N) is 6. The van der Waals surface area contributed by atoms with Crippen LogP contribution in [0.15, 0.2) is 60.7 Å². The lowest BCUT2D eigenvalue weighted by atomic mass is 9.96. The molecule has 6 unspecified atom stereocenters. The second-order valence-electron chi connectivity index (χ2n) is 11.1. The summed E-state index contributed by atoms with van der Waals surface area (Å²) < 4.78 is 0. The maximum atomic E-state index is 13.8. The number of hydrogen-bond acceptors (Lipinski definition) is 7. The minimum absolute atomic E-state index is 0.0768. The normalized spacial score (nSPS) is 24.8. The molecule has 1 aliphatic rings. The molecule has 0 spiro atoms. The Morgan fingerprint density at radius 2 is 1.16 bits per heavy atom. The number of carbonyl (C=O) groups excluding carboxylic acids is 6. The van der Waals surface area contributed by atoms with Crippen LogP contribution in [0.2, 0.25) is 0 Å². The van der Waals surface area contributed by atoms with Gasteiger partial charge in [0.15, 0.2) is 0 Å².